The van der Waals surface area contributed by atoms with Gasteiger partial charge in [0.2, 0.25) is 11.9 Å². The average Bonchev–Trinajstić information content (AvgIpc) is 3.55. The number of benzene rings is 1. The van der Waals surface area contributed by atoms with Crippen LogP contribution in [0.5, 0.6) is 0 Å². The van der Waals surface area contributed by atoms with Gasteiger partial charge in [0, 0.05) is 23.4 Å². The van der Waals surface area contributed by atoms with Crippen LogP contribution in [-0.4, -0.2) is 31.4 Å². The number of hydrogen-bond acceptors (Lipinski definition) is 5. The molecule has 1 saturated carbocycles. The second kappa shape index (κ2) is 7.40. The van der Waals surface area contributed by atoms with Gasteiger partial charge in [-0.2, -0.15) is 4.98 Å². The second-order valence-electron chi connectivity index (χ2n) is 7.13. The SMILES string of the molecule is O=C(Nc1ccc(-c2cccc3nc(NC(=O)C4CC4)nn23)cc1)c1ccccn1. The molecule has 8 nitrogen and oxygen atoms in total. The lowest BCUT2D eigenvalue weighted by Crippen LogP contribution is -2.14. The molecule has 0 bridgehead atoms. The first-order chi connectivity index (χ1) is 14.7. The summed E-state index contributed by atoms with van der Waals surface area (Å²) in [6.07, 6.45) is 3.43. The standard InChI is InChI=1S/C22H18N6O2/c29-20(15-7-8-15)26-22-25-19-6-3-5-18(28(19)27-22)14-9-11-16(12-10-14)24-21(30)17-4-1-2-13-23-17/h1-6,9-13,15H,7-8H2,(H,24,30)(H,26,27,29). The van der Waals surface area contributed by atoms with Crippen LogP contribution >= 0.6 is 0 Å². The van der Waals surface area contributed by atoms with Crippen LogP contribution in [0.1, 0.15) is 23.3 Å². The lowest BCUT2D eigenvalue weighted by molar-refractivity contribution is -0.117. The molecule has 0 unspecified atom stereocenters. The molecular weight excluding hydrogens is 380 g/mol. The normalized spacial score (nSPS) is 13.2. The number of carbonyl (C=O) groups excluding carboxylic acids is 2. The summed E-state index contributed by atoms with van der Waals surface area (Å²) in [5.41, 5.74) is 3.40. The van der Waals surface area contributed by atoms with E-state index in [1.807, 2.05) is 42.5 Å². The van der Waals surface area contributed by atoms with Crippen LogP contribution in [0, 0.1) is 5.92 Å². The summed E-state index contributed by atoms with van der Waals surface area (Å²) in [6.45, 7) is 0. The van der Waals surface area contributed by atoms with Gasteiger partial charge in [0.1, 0.15) is 5.69 Å². The molecule has 2 N–H and O–H groups in total. The van der Waals surface area contributed by atoms with Crippen LogP contribution in [0.15, 0.2) is 66.9 Å². The summed E-state index contributed by atoms with van der Waals surface area (Å²) < 4.78 is 1.70. The number of nitrogens with one attached hydrogen (secondary N) is 2. The van der Waals surface area contributed by atoms with Gasteiger partial charge in [-0.05, 0) is 49.2 Å². The van der Waals surface area contributed by atoms with Crippen molar-refractivity contribution >= 4 is 29.1 Å². The fourth-order valence-corrected chi connectivity index (χ4v) is 3.15. The Morgan fingerprint density at radius 3 is 2.50 bits per heavy atom. The van der Waals surface area contributed by atoms with Crippen molar-refractivity contribution in [1.29, 1.82) is 0 Å². The Bertz CT molecular complexity index is 1230. The van der Waals surface area contributed by atoms with Gasteiger partial charge in [-0.3, -0.25) is 19.9 Å². The molecule has 2 amide bonds. The maximum atomic E-state index is 12.3. The van der Waals surface area contributed by atoms with E-state index in [2.05, 4.69) is 25.7 Å². The lowest BCUT2D eigenvalue weighted by Gasteiger charge is -2.07. The Morgan fingerprint density at radius 2 is 1.77 bits per heavy atom. The third-order valence-corrected chi connectivity index (χ3v) is 4.88. The highest BCUT2D eigenvalue weighted by atomic mass is 16.2. The molecule has 1 aromatic carbocycles. The summed E-state index contributed by atoms with van der Waals surface area (Å²) in [5.74, 6) is 0.0988. The minimum absolute atomic E-state index is 0.0274. The Morgan fingerprint density at radius 1 is 0.933 bits per heavy atom. The fraction of sp³-hybridized carbons (Fsp3) is 0.136. The first kappa shape index (κ1) is 18.0. The van der Waals surface area contributed by atoms with Crippen molar-refractivity contribution in [2.24, 2.45) is 5.92 Å². The van der Waals surface area contributed by atoms with Crippen molar-refractivity contribution in [3.05, 3.63) is 72.6 Å². The second-order valence-corrected chi connectivity index (χ2v) is 7.13. The molecule has 0 spiro atoms. The van der Waals surface area contributed by atoms with Crippen molar-refractivity contribution in [2.45, 2.75) is 12.8 Å². The summed E-state index contributed by atoms with van der Waals surface area (Å²) in [6, 6.07) is 18.3. The number of aromatic nitrogens is 4. The van der Waals surface area contributed by atoms with Gasteiger partial charge in [0.25, 0.3) is 5.91 Å². The van der Waals surface area contributed by atoms with E-state index < -0.39 is 0 Å². The number of hydrogen-bond donors (Lipinski definition) is 2. The van der Waals surface area contributed by atoms with Gasteiger partial charge in [-0.25, -0.2) is 4.52 Å². The maximum absolute atomic E-state index is 12.3. The van der Waals surface area contributed by atoms with Gasteiger partial charge in [-0.15, -0.1) is 5.10 Å². The molecule has 30 heavy (non-hydrogen) atoms. The van der Waals surface area contributed by atoms with Crippen LogP contribution in [0.25, 0.3) is 16.9 Å². The van der Waals surface area contributed by atoms with Crippen molar-refractivity contribution in [1.82, 2.24) is 19.6 Å². The van der Waals surface area contributed by atoms with Crippen LogP contribution in [0.3, 0.4) is 0 Å². The first-order valence-electron chi connectivity index (χ1n) is 9.67. The molecule has 0 atom stereocenters. The van der Waals surface area contributed by atoms with Crippen LogP contribution in [0.4, 0.5) is 11.6 Å². The number of fused-ring (bicyclic) bond motifs is 1. The predicted molar refractivity (Wildman–Crippen MR) is 112 cm³/mol. The molecule has 0 saturated heterocycles. The Labute approximate surface area is 172 Å². The van der Waals surface area contributed by atoms with E-state index in [4.69, 9.17) is 0 Å². The topological polar surface area (TPSA) is 101 Å². The zero-order chi connectivity index (χ0) is 20.5. The summed E-state index contributed by atoms with van der Waals surface area (Å²) >= 11 is 0. The van der Waals surface area contributed by atoms with Crippen molar-refractivity contribution in [2.75, 3.05) is 10.6 Å². The van der Waals surface area contributed by atoms with Crippen molar-refractivity contribution in [3.63, 3.8) is 0 Å². The Balaban J connectivity index is 1.37. The van der Waals surface area contributed by atoms with E-state index in [9.17, 15) is 9.59 Å². The summed E-state index contributed by atoms with van der Waals surface area (Å²) in [7, 11) is 0. The molecule has 1 aliphatic carbocycles. The quantitative estimate of drug-likeness (QED) is 0.537. The molecular formula is C22H18N6O2. The highest BCUT2D eigenvalue weighted by Crippen LogP contribution is 2.30. The van der Waals surface area contributed by atoms with Crippen LogP contribution in [0.2, 0.25) is 0 Å². The smallest absolute Gasteiger partial charge is 0.274 e. The van der Waals surface area contributed by atoms with Crippen LogP contribution < -0.4 is 10.6 Å². The van der Waals surface area contributed by atoms with Gasteiger partial charge in [-0.1, -0.05) is 24.3 Å². The van der Waals surface area contributed by atoms with Crippen molar-refractivity contribution in [3.8, 4) is 11.3 Å². The molecule has 4 aromatic rings. The number of rotatable bonds is 5. The van der Waals surface area contributed by atoms with E-state index in [1.165, 1.54) is 0 Å². The van der Waals surface area contributed by atoms with Gasteiger partial charge < -0.3 is 5.32 Å². The number of amides is 2. The van der Waals surface area contributed by atoms with E-state index in [1.54, 1.807) is 28.9 Å². The van der Waals surface area contributed by atoms with Crippen LogP contribution in [-0.2, 0) is 4.79 Å². The largest absolute Gasteiger partial charge is 0.321 e. The number of carbonyl (C=O) groups is 2. The van der Waals surface area contributed by atoms with Gasteiger partial charge in [0.15, 0.2) is 5.65 Å². The minimum atomic E-state index is -0.266. The van der Waals surface area contributed by atoms with Gasteiger partial charge in [0.05, 0.1) is 5.69 Å². The predicted octanol–water partition coefficient (Wildman–Crippen LogP) is 3.39. The highest BCUT2D eigenvalue weighted by molar-refractivity contribution is 6.02. The van der Waals surface area contributed by atoms with E-state index in [-0.39, 0.29) is 17.7 Å². The van der Waals surface area contributed by atoms with E-state index in [0.29, 0.717) is 23.0 Å². The average molecular weight is 398 g/mol. The molecule has 5 rings (SSSR count). The molecule has 3 heterocycles. The molecule has 148 valence electrons. The van der Waals surface area contributed by atoms with E-state index >= 15 is 0 Å². The minimum Gasteiger partial charge on any atom is -0.321 e. The first-order valence-corrected chi connectivity index (χ1v) is 9.67. The molecule has 3 aromatic heterocycles. The zero-order valence-electron chi connectivity index (χ0n) is 15.9. The third-order valence-electron chi connectivity index (χ3n) is 4.88. The third kappa shape index (κ3) is 3.62. The van der Waals surface area contributed by atoms with E-state index in [0.717, 1.165) is 24.1 Å². The number of pyridine rings is 2. The number of nitrogens with zero attached hydrogens (tertiary/aromatic N) is 4. The molecule has 8 heteroatoms. The van der Waals surface area contributed by atoms with Gasteiger partial charge >= 0.3 is 0 Å². The molecule has 0 radical (unpaired) electrons. The lowest BCUT2D eigenvalue weighted by atomic mass is 10.1. The van der Waals surface area contributed by atoms with Crippen molar-refractivity contribution < 1.29 is 9.59 Å². The Hall–Kier alpha value is -4.07. The Kier molecular flexibility index (Phi) is 4.44. The molecule has 1 fully saturated rings. The summed E-state index contributed by atoms with van der Waals surface area (Å²) in [4.78, 5) is 32.7. The molecule has 0 aliphatic heterocycles. The maximum Gasteiger partial charge on any atom is 0.274 e. The molecule has 1 aliphatic rings. The highest BCUT2D eigenvalue weighted by Gasteiger charge is 2.30. The zero-order valence-corrected chi connectivity index (χ0v) is 15.9. The summed E-state index contributed by atoms with van der Waals surface area (Å²) in [5, 5.41) is 10.1. The fourth-order valence-electron chi connectivity index (χ4n) is 3.15. The monoisotopic (exact) mass is 398 g/mol. The number of anilines is 2.